The van der Waals surface area contributed by atoms with Gasteiger partial charge in [-0.15, -0.1) is 0 Å². The maximum atomic E-state index is 11.8. The van der Waals surface area contributed by atoms with Gasteiger partial charge in [-0.05, 0) is 25.7 Å². The van der Waals surface area contributed by atoms with Crippen molar-refractivity contribution >= 4 is 5.82 Å². The summed E-state index contributed by atoms with van der Waals surface area (Å²) in [6.45, 7) is 0. The third kappa shape index (κ3) is 2.91. The van der Waals surface area contributed by atoms with Gasteiger partial charge in [-0.25, -0.2) is 15.0 Å². The van der Waals surface area contributed by atoms with Crippen LogP contribution in [0.4, 0.5) is 5.82 Å². The fourth-order valence-electron chi connectivity index (χ4n) is 3.00. The van der Waals surface area contributed by atoms with Crippen LogP contribution in [-0.4, -0.2) is 33.1 Å². The average Bonchev–Trinajstić information content (AvgIpc) is 3.35. The zero-order chi connectivity index (χ0) is 15.8. The maximum absolute atomic E-state index is 11.8. The topological polar surface area (TPSA) is 92.8 Å². The van der Waals surface area contributed by atoms with Crippen LogP contribution in [0.5, 0.6) is 5.88 Å². The molecule has 0 aliphatic heterocycles. The predicted molar refractivity (Wildman–Crippen MR) is 84.8 cm³/mol. The first-order chi connectivity index (χ1) is 11.2. The second-order valence-corrected chi connectivity index (χ2v) is 6.25. The molecule has 2 aromatic rings. The molecule has 0 bridgehead atoms. The molecule has 23 heavy (non-hydrogen) atoms. The number of nitrogens with one attached hydrogen (secondary N) is 2. The van der Waals surface area contributed by atoms with Crippen LogP contribution in [0.1, 0.15) is 49.0 Å². The van der Waals surface area contributed by atoms with Gasteiger partial charge in [0.2, 0.25) is 0 Å². The van der Waals surface area contributed by atoms with Crippen LogP contribution >= 0.6 is 0 Å². The Labute approximate surface area is 133 Å². The number of rotatable bonds is 5. The fourth-order valence-corrected chi connectivity index (χ4v) is 3.00. The zero-order valence-electron chi connectivity index (χ0n) is 13.0. The van der Waals surface area contributed by atoms with E-state index in [-0.39, 0.29) is 5.56 Å². The maximum Gasteiger partial charge on any atom is 0.257 e. The molecule has 2 heterocycles. The molecule has 7 heteroatoms. The Bertz CT molecular complexity index is 765. The molecule has 7 nitrogen and oxygen atoms in total. The number of aromatic amines is 1. The van der Waals surface area contributed by atoms with Crippen molar-refractivity contribution in [3.63, 3.8) is 0 Å². The number of H-pyrrole nitrogens is 1. The summed E-state index contributed by atoms with van der Waals surface area (Å²) in [5.74, 6) is 2.81. The third-order valence-corrected chi connectivity index (χ3v) is 4.50. The van der Waals surface area contributed by atoms with Gasteiger partial charge in [0.15, 0.2) is 5.82 Å². The Morgan fingerprint density at radius 3 is 2.74 bits per heavy atom. The van der Waals surface area contributed by atoms with E-state index < -0.39 is 0 Å². The van der Waals surface area contributed by atoms with Gasteiger partial charge in [0.05, 0.1) is 12.8 Å². The molecule has 0 aromatic carbocycles. The zero-order valence-corrected chi connectivity index (χ0v) is 13.0. The summed E-state index contributed by atoms with van der Waals surface area (Å²) in [7, 11) is 1.58. The first kappa shape index (κ1) is 14.2. The molecule has 0 unspecified atom stereocenters. The summed E-state index contributed by atoms with van der Waals surface area (Å²) in [5, 5.41) is 3.35. The highest BCUT2D eigenvalue weighted by molar-refractivity contribution is 5.46. The lowest BCUT2D eigenvalue weighted by molar-refractivity contribution is 0.359. The SMILES string of the molecule is COc1nccnc1NC1CC(c2cc(=O)[nH]c(C3CC3)n2)C1. The van der Waals surface area contributed by atoms with Crippen molar-refractivity contribution in [3.8, 4) is 5.88 Å². The molecule has 2 aromatic heterocycles. The summed E-state index contributed by atoms with van der Waals surface area (Å²) in [4.78, 5) is 27.7. The number of hydrogen-bond acceptors (Lipinski definition) is 6. The van der Waals surface area contributed by atoms with Gasteiger partial charge in [-0.1, -0.05) is 0 Å². The molecule has 2 aliphatic rings. The molecule has 2 fully saturated rings. The van der Waals surface area contributed by atoms with Crippen molar-refractivity contribution in [1.82, 2.24) is 19.9 Å². The van der Waals surface area contributed by atoms with Crippen molar-refractivity contribution < 1.29 is 4.74 Å². The van der Waals surface area contributed by atoms with E-state index in [4.69, 9.17) is 4.74 Å². The molecule has 0 atom stereocenters. The second kappa shape index (κ2) is 5.64. The van der Waals surface area contributed by atoms with Crippen LogP contribution in [0.25, 0.3) is 0 Å². The molecule has 0 radical (unpaired) electrons. The summed E-state index contributed by atoms with van der Waals surface area (Å²) in [5.41, 5.74) is 0.878. The Morgan fingerprint density at radius 1 is 1.22 bits per heavy atom. The lowest BCUT2D eigenvalue weighted by Crippen LogP contribution is -2.35. The quantitative estimate of drug-likeness (QED) is 0.874. The molecule has 120 valence electrons. The van der Waals surface area contributed by atoms with Gasteiger partial charge in [0, 0.05) is 36.3 Å². The van der Waals surface area contributed by atoms with E-state index in [2.05, 4.69) is 25.3 Å². The van der Waals surface area contributed by atoms with Gasteiger partial charge < -0.3 is 15.0 Å². The number of hydrogen-bond donors (Lipinski definition) is 2. The second-order valence-electron chi connectivity index (χ2n) is 6.25. The van der Waals surface area contributed by atoms with E-state index in [0.29, 0.717) is 29.6 Å². The van der Waals surface area contributed by atoms with Crippen LogP contribution in [-0.2, 0) is 0 Å². The first-order valence-corrected chi connectivity index (χ1v) is 7.95. The van der Waals surface area contributed by atoms with Gasteiger partial charge in [0.25, 0.3) is 11.4 Å². The van der Waals surface area contributed by atoms with Crippen molar-refractivity contribution in [3.05, 3.63) is 40.3 Å². The van der Waals surface area contributed by atoms with E-state index in [9.17, 15) is 4.79 Å². The Morgan fingerprint density at radius 2 is 2.00 bits per heavy atom. The van der Waals surface area contributed by atoms with Gasteiger partial charge in [0.1, 0.15) is 5.82 Å². The predicted octanol–water partition coefficient (Wildman–Crippen LogP) is 1.80. The van der Waals surface area contributed by atoms with E-state index in [1.165, 1.54) is 0 Å². The Kier molecular flexibility index (Phi) is 3.48. The lowest BCUT2D eigenvalue weighted by atomic mass is 9.78. The third-order valence-electron chi connectivity index (χ3n) is 4.50. The smallest absolute Gasteiger partial charge is 0.257 e. The first-order valence-electron chi connectivity index (χ1n) is 7.95. The van der Waals surface area contributed by atoms with Crippen molar-refractivity contribution in [2.45, 2.75) is 43.6 Å². The van der Waals surface area contributed by atoms with Gasteiger partial charge in [-0.2, -0.15) is 0 Å². The van der Waals surface area contributed by atoms with Crippen LogP contribution in [0.3, 0.4) is 0 Å². The van der Waals surface area contributed by atoms with Crippen LogP contribution < -0.4 is 15.6 Å². The normalized spacial score (nSPS) is 23.2. The minimum absolute atomic E-state index is 0.0381. The van der Waals surface area contributed by atoms with E-state index in [0.717, 1.165) is 37.2 Å². The number of aromatic nitrogens is 4. The fraction of sp³-hybridized carbons (Fsp3) is 0.500. The molecular weight excluding hydrogens is 294 g/mol. The molecule has 2 saturated carbocycles. The van der Waals surface area contributed by atoms with E-state index in [1.807, 2.05) is 0 Å². The number of ether oxygens (including phenoxy) is 1. The largest absolute Gasteiger partial charge is 0.478 e. The van der Waals surface area contributed by atoms with Crippen LogP contribution in [0, 0.1) is 0 Å². The van der Waals surface area contributed by atoms with Crippen LogP contribution in [0.2, 0.25) is 0 Å². The summed E-state index contributed by atoms with van der Waals surface area (Å²) >= 11 is 0. The average molecular weight is 313 g/mol. The summed E-state index contributed by atoms with van der Waals surface area (Å²) in [6.07, 6.45) is 7.37. The monoisotopic (exact) mass is 313 g/mol. The number of nitrogens with zero attached hydrogens (tertiary/aromatic N) is 3. The van der Waals surface area contributed by atoms with E-state index in [1.54, 1.807) is 25.6 Å². The molecular formula is C16H19N5O2. The van der Waals surface area contributed by atoms with E-state index >= 15 is 0 Å². The number of methoxy groups -OCH3 is 1. The molecule has 0 amide bonds. The molecule has 2 N–H and O–H groups in total. The van der Waals surface area contributed by atoms with Crippen molar-refractivity contribution in [2.24, 2.45) is 0 Å². The highest BCUT2D eigenvalue weighted by atomic mass is 16.5. The van der Waals surface area contributed by atoms with Gasteiger partial charge in [-0.3, -0.25) is 4.79 Å². The molecule has 0 spiro atoms. The number of anilines is 1. The van der Waals surface area contributed by atoms with Crippen molar-refractivity contribution in [1.29, 1.82) is 0 Å². The van der Waals surface area contributed by atoms with Crippen molar-refractivity contribution in [2.75, 3.05) is 12.4 Å². The summed E-state index contributed by atoms with van der Waals surface area (Å²) < 4.78 is 5.20. The Balaban J connectivity index is 1.42. The summed E-state index contributed by atoms with van der Waals surface area (Å²) in [6, 6.07) is 1.94. The standard InChI is InChI=1S/C16H19N5O2/c1-23-16-15(17-4-5-18-16)19-11-6-10(7-11)12-8-13(22)21-14(20-12)9-2-3-9/h4-5,8-11H,2-3,6-7H2,1H3,(H,17,19)(H,20,21,22). The Hall–Kier alpha value is -2.44. The van der Waals surface area contributed by atoms with Crippen LogP contribution in [0.15, 0.2) is 23.3 Å². The van der Waals surface area contributed by atoms with Gasteiger partial charge >= 0.3 is 0 Å². The minimum Gasteiger partial charge on any atom is -0.478 e. The highest BCUT2D eigenvalue weighted by Gasteiger charge is 2.34. The highest BCUT2D eigenvalue weighted by Crippen LogP contribution is 2.40. The minimum atomic E-state index is -0.0381. The lowest BCUT2D eigenvalue weighted by Gasteiger charge is -2.35. The molecule has 4 rings (SSSR count). The molecule has 0 saturated heterocycles. The molecule has 2 aliphatic carbocycles.